The molecule has 1 heterocycles. The van der Waals surface area contributed by atoms with Gasteiger partial charge in [-0.05, 0) is 124 Å². The summed E-state index contributed by atoms with van der Waals surface area (Å²) in [4.78, 5) is 7.91. The van der Waals surface area contributed by atoms with Crippen molar-refractivity contribution >= 4 is 16.9 Å². The summed E-state index contributed by atoms with van der Waals surface area (Å²) in [6.07, 6.45) is 10.4. The van der Waals surface area contributed by atoms with Crippen LogP contribution in [0.4, 0.5) is 0 Å². The number of hydrogen-bond acceptors (Lipinski definition) is 5. The summed E-state index contributed by atoms with van der Waals surface area (Å²) in [7, 11) is 3.71. The second kappa shape index (κ2) is 11.1. The number of nitrogens with zero attached hydrogens (tertiary/aromatic N) is 1. The molecule has 1 aromatic heterocycles. The highest BCUT2D eigenvalue weighted by Crippen LogP contribution is 2.72. The first-order chi connectivity index (χ1) is 22.5. The molecule has 252 valence electrons. The fourth-order valence-corrected chi connectivity index (χ4v) is 12.2. The van der Waals surface area contributed by atoms with Gasteiger partial charge in [0.15, 0.2) is 5.96 Å². The number of para-hydroxylation sites is 1. The van der Waals surface area contributed by atoms with Crippen molar-refractivity contribution in [3.05, 3.63) is 47.7 Å². The Kier molecular flexibility index (Phi) is 7.42. The number of aliphatic hydroxyl groups is 3. The Balaban J connectivity index is 1.35. The van der Waals surface area contributed by atoms with Crippen molar-refractivity contribution in [1.29, 1.82) is 0 Å². The van der Waals surface area contributed by atoms with Crippen molar-refractivity contribution in [3.8, 4) is 11.8 Å². The van der Waals surface area contributed by atoms with Gasteiger partial charge in [0, 0.05) is 42.4 Å². The van der Waals surface area contributed by atoms with Crippen LogP contribution in [0.2, 0.25) is 0 Å². The largest absolute Gasteiger partial charge is 0.390 e. The number of allylic oxidation sites excluding steroid dienone is 2. The standard InChI is InChI=1S/C39H53N5O3/c1-36(46)25-9-11-30-34-31(36)16-33(45)39(34,47)21-28(44-35(40)42-3)10-8-26-18-37(13-12-23(17-37)22-41-2)19-27(38(26,30)20-25)15-29-14-24-6-4-5-7-32(24)43-29/h4-7,14,19,23,25-26,28,30-31,33-34,41,43,45-47H,9,11-13,15-18,20-22H2,1-3H3,(H3,40,42,44). The van der Waals surface area contributed by atoms with Gasteiger partial charge in [0.1, 0.15) is 0 Å². The van der Waals surface area contributed by atoms with Crippen LogP contribution >= 0.6 is 0 Å². The number of aromatic amines is 1. The van der Waals surface area contributed by atoms with Gasteiger partial charge in [-0.25, -0.2) is 0 Å². The zero-order chi connectivity index (χ0) is 32.8. The number of aliphatic imine (C=N–C) groups is 1. The second-order valence-corrected chi connectivity index (χ2v) is 16.5. The molecule has 12 unspecified atom stereocenters. The average Bonchev–Trinajstić information content (AvgIpc) is 3.68. The van der Waals surface area contributed by atoms with Crippen molar-refractivity contribution in [3.63, 3.8) is 0 Å². The van der Waals surface area contributed by atoms with E-state index in [1.54, 1.807) is 7.05 Å². The molecule has 8 nitrogen and oxygen atoms in total. The monoisotopic (exact) mass is 639 g/mol. The Morgan fingerprint density at radius 2 is 1.91 bits per heavy atom. The van der Waals surface area contributed by atoms with Crippen LogP contribution in [-0.2, 0) is 6.42 Å². The molecule has 0 saturated heterocycles. The minimum Gasteiger partial charge on any atom is -0.390 e. The number of nitrogens with two attached hydrogens (primary N) is 1. The molecule has 2 spiro atoms. The molecular weight excluding hydrogens is 586 g/mol. The zero-order valence-electron chi connectivity index (χ0n) is 28.2. The predicted octanol–water partition coefficient (Wildman–Crippen LogP) is 3.87. The van der Waals surface area contributed by atoms with Gasteiger partial charge < -0.3 is 36.7 Å². The maximum Gasteiger partial charge on any atom is 0.189 e. The summed E-state index contributed by atoms with van der Waals surface area (Å²) in [5, 5.41) is 45.1. The van der Waals surface area contributed by atoms with Crippen LogP contribution in [0.5, 0.6) is 0 Å². The topological polar surface area (TPSA) is 139 Å². The van der Waals surface area contributed by atoms with Gasteiger partial charge in [-0.15, -0.1) is 0 Å². The fourth-order valence-electron chi connectivity index (χ4n) is 12.2. The molecule has 5 saturated carbocycles. The van der Waals surface area contributed by atoms with Crippen LogP contribution in [0.3, 0.4) is 0 Å². The van der Waals surface area contributed by atoms with E-state index in [-0.39, 0.29) is 52.8 Å². The molecule has 5 fully saturated rings. The number of H-pyrrole nitrogens is 1. The van der Waals surface area contributed by atoms with E-state index in [0.717, 1.165) is 57.0 Å². The van der Waals surface area contributed by atoms with E-state index in [4.69, 9.17) is 5.73 Å². The molecule has 4 bridgehead atoms. The summed E-state index contributed by atoms with van der Waals surface area (Å²) >= 11 is 0. The molecule has 7 aliphatic rings. The summed E-state index contributed by atoms with van der Waals surface area (Å²) in [6, 6.07) is 10.3. The number of guanidine groups is 1. The molecule has 9 rings (SSSR count). The number of aliphatic hydroxyl groups excluding tert-OH is 1. The lowest BCUT2D eigenvalue weighted by Crippen LogP contribution is -2.56. The quantitative estimate of drug-likeness (QED) is 0.115. The van der Waals surface area contributed by atoms with E-state index in [0.29, 0.717) is 12.3 Å². The summed E-state index contributed by atoms with van der Waals surface area (Å²) in [6.45, 7) is 3.03. The molecule has 8 heteroatoms. The maximum atomic E-state index is 12.8. The number of rotatable bonds is 5. The van der Waals surface area contributed by atoms with Crippen molar-refractivity contribution in [1.82, 2.24) is 15.6 Å². The van der Waals surface area contributed by atoms with Gasteiger partial charge in [0.2, 0.25) is 0 Å². The first-order valence-corrected chi connectivity index (χ1v) is 18.1. The van der Waals surface area contributed by atoms with Crippen LogP contribution in [0.15, 0.2) is 47.0 Å². The number of benzene rings is 1. The third kappa shape index (κ3) is 4.75. The van der Waals surface area contributed by atoms with E-state index in [1.807, 2.05) is 6.92 Å². The molecule has 12 atom stereocenters. The number of aromatic nitrogens is 1. The number of nitrogens with one attached hydrogen (secondary N) is 3. The van der Waals surface area contributed by atoms with Crippen LogP contribution in [0.25, 0.3) is 10.9 Å². The van der Waals surface area contributed by atoms with Crippen molar-refractivity contribution in [2.45, 2.75) is 94.5 Å². The highest BCUT2D eigenvalue weighted by Gasteiger charge is 2.71. The second-order valence-electron chi connectivity index (χ2n) is 16.5. The summed E-state index contributed by atoms with van der Waals surface area (Å²) < 4.78 is 0. The van der Waals surface area contributed by atoms with Crippen LogP contribution in [0.1, 0.15) is 70.4 Å². The zero-order valence-corrected chi connectivity index (χ0v) is 28.2. The van der Waals surface area contributed by atoms with E-state index in [9.17, 15) is 15.3 Å². The normalized spacial score (nSPS) is 45.4. The Hall–Kier alpha value is -2.83. The lowest BCUT2D eigenvalue weighted by molar-refractivity contribution is -0.128. The fraction of sp³-hybridized carbons (Fsp3) is 0.667. The lowest BCUT2D eigenvalue weighted by atomic mass is 9.46. The predicted molar refractivity (Wildman–Crippen MR) is 185 cm³/mol. The molecule has 7 aliphatic carbocycles. The van der Waals surface area contributed by atoms with Crippen LogP contribution < -0.4 is 16.4 Å². The van der Waals surface area contributed by atoms with Gasteiger partial charge in [-0.1, -0.05) is 41.7 Å². The third-order valence-corrected chi connectivity index (χ3v) is 14.2. The van der Waals surface area contributed by atoms with Gasteiger partial charge in [-0.3, -0.25) is 4.99 Å². The summed E-state index contributed by atoms with van der Waals surface area (Å²) in [5.74, 6) is 8.18. The minimum atomic E-state index is -1.41. The van der Waals surface area contributed by atoms with E-state index in [1.165, 1.54) is 23.1 Å². The molecule has 0 radical (unpaired) electrons. The Labute approximate surface area is 279 Å². The van der Waals surface area contributed by atoms with Gasteiger partial charge >= 0.3 is 0 Å². The molecule has 0 amide bonds. The first-order valence-electron chi connectivity index (χ1n) is 18.1. The molecule has 0 aliphatic heterocycles. The number of fused-ring (bicyclic) bond motifs is 2. The molecule has 1 aromatic carbocycles. The molecule has 8 N–H and O–H groups in total. The van der Waals surface area contributed by atoms with Gasteiger partial charge in [-0.2, -0.15) is 0 Å². The van der Waals surface area contributed by atoms with Crippen molar-refractivity contribution < 1.29 is 15.3 Å². The van der Waals surface area contributed by atoms with Gasteiger partial charge in [0.25, 0.3) is 0 Å². The Bertz CT molecular complexity index is 1640. The first kappa shape index (κ1) is 31.4. The minimum absolute atomic E-state index is 0.0618. The Morgan fingerprint density at radius 3 is 2.70 bits per heavy atom. The SMILES string of the molecule is CN=C(N)NC1C#CC2CC3(C=C(Cc4cc5ccccc5[nH]4)C24CC2CCC4C4C(CC(O)C4(O)C1)C2(C)O)CCC(CNC)C3. The molecule has 47 heavy (non-hydrogen) atoms. The van der Waals surface area contributed by atoms with Crippen molar-refractivity contribution in [2.75, 3.05) is 20.6 Å². The smallest absolute Gasteiger partial charge is 0.189 e. The third-order valence-electron chi connectivity index (χ3n) is 14.2. The molecule has 2 aromatic rings. The average molecular weight is 640 g/mol. The van der Waals surface area contributed by atoms with E-state index in [2.05, 4.69) is 75.9 Å². The van der Waals surface area contributed by atoms with Crippen LogP contribution in [0, 0.1) is 58.2 Å². The summed E-state index contributed by atoms with van der Waals surface area (Å²) in [5.41, 5.74) is 7.35. The van der Waals surface area contributed by atoms with Crippen molar-refractivity contribution in [2.24, 2.45) is 57.1 Å². The number of hydrogen-bond donors (Lipinski definition) is 7. The molecular formula is C39H53N5O3. The highest BCUT2D eigenvalue weighted by atomic mass is 16.3. The van der Waals surface area contributed by atoms with E-state index >= 15 is 0 Å². The Morgan fingerprint density at radius 1 is 1.09 bits per heavy atom. The van der Waals surface area contributed by atoms with Gasteiger partial charge in [0.05, 0.1) is 23.3 Å². The highest BCUT2D eigenvalue weighted by molar-refractivity contribution is 5.80. The maximum absolute atomic E-state index is 12.8. The van der Waals surface area contributed by atoms with E-state index < -0.39 is 23.3 Å². The van der Waals surface area contributed by atoms with Crippen LogP contribution in [-0.4, -0.2) is 70.3 Å². The lowest BCUT2D eigenvalue weighted by Gasteiger charge is -2.58.